The average Bonchev–Trinajstić information content (AvgIpc) is 3.12. The van der Waals surface area contributed by atoms with Crippen molar-refractivity contribution >= 4 is 38.9 Å². The Morgan fingerprint density at radius 3 is 2.59 bits per heavy atom. The van der Waals surface area contributed by atoms with Crippen LogP contribution in [0.25, 0.3) is 11.2 Å². The maximum Gasteiger partial charge on any atom is 0.416 e. The molecule has 2 aromatic heterocycles. The number of rotatable bonds is 3. The number of aromatic nitrogens is 4. The van der Waals surface area contributed by atoms with Crippen molar-refractivity contribution in [2.45, 2.75) is 26.2 Å². The lowest BCUT2D eigenvalue weighted by Gasteiger charge is -2.13. The van der Waals surface area contributed by atoms with E-state index in [1.54, 1.807) is 6.92 Å². The predicted octanol–water partition coefficient (Wildman–Crippen LogP) is 2.93. The summed E-state index contributed by atoms with van der Waals surface area (Å²) < 4.78 is 55.6. The minimum absolute atomic E-state index is 0.00802. The molecular weight excluding hydrogens is 462 g/mol. The summed E-state index contributed by atoms with van der Waals surface area (Å²) >= 11 is 3.16. The minimum atomic E-state index is -4.64. The molecule has 1 aromatic carbocycles. The summed E-state index contributed by atoms with van der Waals surface area (Å²) in [6.45, 7) is 1.46. The van der Waals surface area contributed by atoms with Gasteiger partial charge in [-0.05, 0) is 41.1 Å². The first-order chi connectivity index (χ1) is 13.6. The lowest BCUT2D eigenvalue weighted by Crippen LogP contribution is -2.26. The highest BCUT2D eigenvalue weighted by Crippen LogP contribution is 2.31. The highest BCUT2D eigenvalue weighted by molar-refractivity contribution is 9.10. The highest BCUT2D eigenvalue weighted by Gasteiger charge is 2.33. The second-order valence-corrected chi connectivity index (χ2v) is 7.09. The number of hydrogen-bond donors (Lipinski definition) is 0. The van der Waals surface area contributed by atoms with Crippen LogP contribution in [-0.4, -0.2) is 31.6 Å². The van der Waals surface area contributed by atoms with E-state index in [0.29, 0.717) is 18.7 Å². The highest BCUT2D eigenvalue weighted by atomic mass is 79.9. The van der Waals surface area contributed by atoms with E-state index in [0.717, 1.165) is 6.07 Å². The molecule has 4 rings (SSSR count). The first-order valence-electron chi connectivity index (χ1n) is 8.44. The van der Waals surface area contributed by atoms with E-state index >= 15 is 0 Å². The number of nitrogens with zero attached hydrogens (tertiary/aromatic N) is 5. The van der Waals surface area contributed by atoms with E-state index in [2.05, 4.69) is 25.9 Å². The zero-order valence-corrected chi connectivity index (χ0v) is 16.4. The van der Waals surface area contributed by atoms with Crippen LogP contribution in [0.3, 0.4) is 0 Å². The van der Waals surface area contributed by atoms with Crippen LogP contribution >= 0.6 is 15.9 Å². The van der Waals surface area contributed by atoms with E-state index in [1.807, 2.05) is 0 Å². The van der Waals surface area contributed by atoms with Crippen LogP contribution < -0.4 is 10.5 Å². The molecule has 29 heavy (non-hydrogen) atoms. The third-order valence-electron chi connectivity index (χ3n) is 4.65. The Labute approximate surface area is 168 Å². The molecule has 0 saturated carbocycles. The molecule has 0 unspecified atom stereocenters. The van der Waals surface area contributed by atoms with Crippen molar-refractivity contribution in [1.29, 1.82) is 0 Å². The Kier molecular flexibility index (Phi) is 4.48. The largest absolute Gasteiger partial charge is 0.416 e. The van der Waals surface area contributed by atoms with Crippen molar-refractivity contribution in [3.8, 4) is 0 Å². The monoisotopic (exact) mass is 473 g/mol. The molecule has 3 aromatic rings. The van der Waals surface area contributed by atoms with Crippen LogP contribution in [0.5, 0.6) is 0 Å². The number of carbonyl (C=O) groups is 1. The Morgan fingerprint density at radius 2 is 1.93 bits per heavy atom. The summed E-state index contributed by atoms with van der Waals surface area (Å²) in [6.07, 6.45) is -4.64. The summed E-state index contributed by atoms with van der Waals surface area (Å²) in [5, 5.41) is 0. The molecule has 0 fully saturated rings. The Morgan fingerprint density at radius 1 is 1.21 bits per heavy atom. The number of amides is 1. The number of fused-ring (bicyclic) bond motifs is 2. The van der Waals surface area contributed by atoms with Gasteiger partial charge in [0, 0.05) is 12.1 Å². The fourth-order valence-corrected chi connectivity index (χ4v) is 3.73. The number of hydrogen-bond acceptors (Lipinski definition) is 4. The SMILES string of the molecule is CCN1C(=O)Cn2c1nc1nc(Br)n(Cc3cc(C(F)(F)F)ccc3F)c1c2=O. The quantitative estimate of drug-likeness (QED) is 0.433. The van der Waals surface area contributed by atoms with Crippen LogP contribution in [0, 0.1) is 5.82 Å². The van der Waals surface area contributed by atoms with Gasteiger partial charge in [-0.15, -0.1) is 0 Å². The molecule has 7 nitrogen and oxygen atoms in total. The molecule has 1 amide bonds. The van der Waals surface area contributed by atoms with Crippen molar-refractivity contribution in [3.05, 3.63) is 50.2 Å². The summed E-state index contributed by atoms with van der Waals surface area (Å²) in [5.41, 5.74) is -1.89. The normalized spacial score (nSPS) is 14.1. The molecule has 0 radical (unpaired) electrons. The molecule has 0 aliphatic carbocycles. The molecule has 1 aliphatic rings. The number of halogens is 5. The fourth-order valence-electron chi connectivity index (χ4n) is 3.26. The molecular formula is C17H12BrF4N5O2. The summed E-state index contributed by atoms with van der Waals surface area (Å²) in [4.78, 5) is 34.7. The van der Waals surface area contributed by atoms with Gasteiger partial charge < -0.3 is 4.57 Å². The van der Waals surface area contributed by atoms with Crippen molar-refractivity contribution in [2.75, 3.05) is 11.4 Å². The Hall–Kier alpha value is -2.76. The Balaban J connectivity index is 1.87. The molecule has 152 valence electrons. The van der Waals surface area contributed by atoms with Crippen LogP contribution in [0.1, 0.15) is 18.1 Å². The number of imidazole rings is 1. The number of alkyl halides is 3. The van der Waals surface area contributed by atoms with Gasteiger partial charge in [0.1, 0.15) is 12.4 Å². The van der Waals surface area contributed by atoms with E-state index in [9.17, 15) is 27.2 Å². The molecule has 1 aliphatic heterocycles. The molecule has 0 atom stereocenters. The molecule has 0 bridgehead atoms. The number of carbonyl (C=O) groups excluding carboxylic acids is 1. The zero-order valence-electron chi connectivity index (χ0n) is 14.8. The minimum Gasteiger partial charge on any atom is -0.308 e. The van der Waals surface area contributed by atoms with Crippen molar-refractivity contribution < 1.29 is 22.4 Å². The summed E-state index contributed by atoms with van der Waals surface area (Å²) in [6, 6.07) is 2.06. The van der Waals surface area contributed by atoms with Crippen molar-refractivity contribution in [2.24, 2.45) is 0 Å². The van der Waals surface area contributed by atoms with E-state index in [4.69, 9.17) is 0 Å². The van der Waals surface area contributed by atoms with Crippen LogP contribution in [0.15, 0.2) is 27.7 Å². The van der Waals surface area contributed by atoms with Crippen molar-refractivity contribution in [1.82, 2.24) is 19.1 Å². The van der Waals surface area contributed by atoms with Gasteiger partial charge in [-0.25, -0.2) is 9.37 Å². The van der Waals surface area contributed by atoms with Gasteiger partial charge in [-0.3, -0.25) is 19.1 Å². The van der Waals surface area contributed by atoms with Gasteiger partial charge in [0.05, 0.1) is 12.1 Å². The number of benzene rings is 1. The second-order valence-electron chi connectivity index (χ2n) is 6.38. The molecule has 0 saturated heterocycles. The molecule has 0 N–H and O–H groups in total. The van der Waals surface area contributed by atoms with Gasteiger partial charge >= 0.3 is 6.18 Å². The molecule has 12 heteroatoms. The van der Waals surface area contributed by atoms with Crippen LogP contribution in [0.4, 0.5) is 23.5 Å². The summed E-state index contributed by atoms with van der Waals surface area (Å²) in [7, 11) is 0. The lowest BCUT2D eigenvalue weighted by atomic mass is 10.1. The van der Waals surface area contributed by atoms with E-state index in [1.165, 1.54) is 14.0 Å². The van der Waals surface area contributed by atoms with E-state index < -0.39 is 23.1 Å². The second kappa shape index (κ2) is 6.65. The third-order valence-corrected chi connectivity index (χ3v) is 5.26. The zero-order chi connectivity index (χ0) is 21.1. The van der Waals surface area contributed by atoms with Crippen LogP contribution in [0.2, 0.25) is 0 Å². The summed E-state index contributed by atoms with van der Waals surface area (Å²) in [5.74, 6) is -1.01. The van der Waals surface area contributed by atoms with Gasteiger partial charge in [0.25, 0.3) is 5.56 Å². The van der Waals surface area contributed by atoms with E-state index in [-0.39, 0.29) is 46.4 Å². The van der Waals surface area contributed by atoms with Crippen molar-refractivity contribution in [3.63, 3.8) is 0 Å². The molecule has 3 heterocycles. The number of anilines is 1. The van der Waals surface area contributed by atoms with Gasteiger partial charge in [-0.1, -0.05) is 0 Å². The number of likely N-dealkylation sites (N-methyl/N-ethyl adjacent to an activating group) is 1. The lowest BCUT2D eigenvalue weighted by molar-refractivity contribution is -0.137. The third kappa shape index (κ3) is 3.11. The maximum atomic E-state index is 14.2. The fraction of sp³-hybridized carbons (Fsp3) is 0.294. The smallest absolute Gasteiger partial charge is 0.308 e. The average molecular weight is 474 g/mol. The maximum absolute atomic E-state index is 14.2. The van der Waals surface area contributed by atoms with Gasteiger partial charge in [0.15, 0.2) is 15.9 Å². The first kappa shape index (κ1) is 19.6. The topological polar surface area (TPSA) is 73.0 Å². The van der Waals surface area contributed by atoms with Gasteiger partial charge in [-0.2, -0.15) is 18.2 Å². The molecule has 0 spiro atoms. The standard InChI is InChI=1S/C17H12BrF4N5O2/c1-2-25-11(28)7-27-14(29)12-13(24-16(25)27)23-15(18)26(12)6-8-5-9(17(20,21)22)3-4-10(8)19/h3-5H,2,6-7H2,1H3. The predicted molar refractivity (Wildman–Crippen MR) is 98.0 cm³/mol. The Bertz CT molecular complexity index is 1220. The van der Waals surface area contributed by atoms with Gasteiger partial charge in [0.2, 0.25) is 11.9 Å². The first-order valence-corrected chi connectivity index (χ1v) is 9.23. The van der Waals surface area contributed by atoms with Crippen LogP contribution in [-0.2, 0) is 24.1 Å².